The van der Waals surface area contributed by atoms with Crippen LogP contribution in [0.15, 0.2) is 23.0 Å². The molecule has 1 amide bonds. The molecule has 152 valence electrons. The van der Waals surface area contributed by atoms with Crippen molar-refractivity contribution in [3.63, 3.8) is 0 Å². The minimum atomic E-state index is -0.245. The maximum Gasteiger partial charge on any atom is 0.294 e. The number of nitrogens with zero attached hydrogens (tertiary/aromatic N) is 5. The Balaban J connectivity index is 1.61. The standard InChI is InChI=1S/C21H26N6O2/c1-25-9-11-26(12-10-25)21(29)15-7-8-16-17(13-15)27-18(14-5-3-2-4-6-14)23-24-19(27)20(28)22-16/h7-8,13-14H,2-6,9-12H2,1H3,(H,22,28). The van der Waals surface area contributed by atoms with Crippen molar-refractivity contribution in [2.24, 2.45) is 0 Å². The summed E-state index contributed by atoms with van der Waals surface area (Å²) in [6.07, 6.45) is 5.73. The minimum Gasteiger partial charge on any atom is -0.336 e. The van der Waals surface area contributed by atoms with Crippen LogP contribution in [-0.4, -0.2) is 68.5 Å². The number of likely N-dealkylation sites (N-methyl/N-ethyl adjacent to an activating group) is 1. The Morgan fingerprint density at radius 2 is 1.83 bits per heavy atom. The highest BCUT2D eigenvalue weighted by Crippen LogP contribution is 2.32. The van der Waals surface area contributed by atoms with E-state index in [9.17, 15) is 9.59 Å². The average molecular weight is 394 g/mol. The Bertz CT molecular complexity index is 1120. The zero-order valence-electron chi connectivity index (χ0n) is 16.7. The molecule has 8 nitrogen and oxygen atoms in total. The fourth-order valence-electron chi connectivity index (χ4n) is 4.63. The van der Waals surface area contributed by atoms with Crippen LogP contribution in [0.2, 0.25) is 0 Å². The Hall–Kier alpha value is -2.74. The number of carbonyl (C=O) groups is 1. The van der Waals surface area contributed by atoms with Gasteiger partial charge in [-0.1, -0.05) is 19.3 Å². The second-order valence-corrected chi connectivity index (χ2v) is 8.33. The zero-order chi connectivity index (χ0) is 20.0. The molecule has 3 aromatic rings. The van der Waals surface area contributed by atoms with Gasteiger partial charge >= 0.3 is 0 Å². The summed E-state index contributed by atoms with van der Waals surface area (Å²) in [5, 5.41) is 8.58. The van der Waals surface area contributed by atoms with Crippen LogP contribution < -0.4 is 5.56 Å². The van der Waals surface area contributed by atoms with Gasteiger partial charge in [0.1, 0.15) is 5.82 Å². The van der Waals surface area contributed by atoms with Gasteiger partial charge in [0.15, 0.2) is 0 Å². The first-order valence-electron chi connectivity index (χ1n) is 10.5. The summed E-state index contributed by atoms with van der Waals surface area (Å²) in [6.45, 7) is 3.23. The maximum atomic E-state index is 13.1. The highest BCUT2D eigenvalue weighted by atomic mass is 16.2. The Morgan fingerprint density at radius 3 is 2.59 bits per heavy atom. The van der Waals surface area contributed by atoms with Crippen LogP contribution in [0.5, 0.6) is 0 Å². The summed E-state index contributed by atoms with van der Waals surface area (Å²) in [4.78, 5) is 32.6. The molecule has 29 heavy (non-hydrogen) atoms. The van der Waals surface area contributed by atoms with Gasteiger partial charge in [-0.2, -0.15) is 0 Å². The largest absolute Gasteiger partial charge is 0.336 e. The molecule has 0 bridgehead atoms. The second-order valence-electron chi connectivity index (χ2n) is 8.33. The van der Waals surface area contributed by atoms with Crippen molar-refractivity contribution in [3.05, 3.63) is 39.9 Å². The van der Waals surface area contributed by atoms with Gasteiger partial charge in [0.25, 0.3) is 11.5 Å². The third kappa shape index (κ3) is 3.21. The molecule has 1 aliphatic carbocycles. The maximum absolute atomic E-state index is 13.1. The van der Waals surface area contributed by atoms with E-state index < -0.39 is 0 Å². The van der Waals surface area contributed by atoms with E-state index in [0.717, 1.165) is 50.4 Å². The quantitative estimate of drug-likeness (QED) is 0.718. The smallest absolute Gasteiger partial charge is 0.294 e. The summed E-state index contributed by atoms with van der Waals surface area (Å²) in [6, 6.07) is 5.51. The summed E-state index contributed by atoms with van der Waals surface area (Å²) < 4.78 is 1.88. The van der Waals surface area contributed by atoms with Gasteiger partial charge in [-0.3, -0.25) is 14.0 Å². The number of rotatable bonds is 2. The molecule has 0 unspecified atom stereocenters. The molecule has 1 N–H and O–H groups in total. The fourth-order valence-corrected chi connectivity index (χ4v) is 4.63. The Labute approximate surface area is 168 Å². The number of amides is 1. The first-order chi connectivity index (χ1) is 14.1. The predicted molar refractivity (Wildman–Crippen MR) is 110 cm³/mol. The number of fused-ring (bicyclic) bond motifs is 3. The molecule has 1 aromatic carbocycles. The molecule has 0 spiro atoms. The van der Waals surface area contributed by atoms with Gasteiger partial charge in [-0.05, 0) is 38.1 Å². The van der Waals surface area contributed by atoms with Crippen molar-refractivity contribution in [1.29, 1.82) is 0 Å². The van der Waals surface area contributed by atoms with E-state index in [4.69, 9.17) is 0 Å². The third-order valence-electron chi connectivity index (χ3n) is 6.39. The van der Waals surface area contributed by atoms with E-state index >= 15 is 0 Å². The second kappa shape index (κ2) is 7.26. The molecular weight excluding hydrogens is 368 g/mol. The van der Waals surface area contributed by atoms with E-state index in [0.29, 0.717) is 22.6 Å². The molecule has 5 rings (SSSR count). The van der Waals surface area contributed by atoms with E-state index in [1.54, 1.807) is 6.07 Å². The van der Waals surface area contributed by atoms with Crippen LogP contribution in [-0.2, 0) is 0 Å². The molecule has 2 aromatic heterocycles. The molecule has 2 fully saturated rings. The van der Waals surface area contributed by atoms with Crippen LogP contribution >= 0.6 is 0 Å². The van der Waals surface area contributed by atoms with Crippen molar-refractivity contribution >= 4 is 22.6 Å². The molecular formula is C21H26N6O2. The number of aromatic amines is 1. The normalized spacial score (nSPS) is 19.3. The van der Waals surface area contributed by atoms with Gasteiger partial charge in [0.05, 0.1) is 11.0 Å². The number of carbonyl (C=O) groups excluding carboxylic acids is 1. The molecule has 0 atom stereocenters. The van der Waals surface area contributed by atoms with Crippen molar-refractivity contribution in [2.45, 2.75) is 38.0 Å². The van der Waals surface area contributed by atoms with Crippen LogP contribution in [0.25, 0.3) is 16.7 Å². The molecule has 1 saturated carbocycles. The number of aromatic nitrogens is 4. The molecule has 0 radical (unpaired) electrons. The van der Waals surface area contributed by atoms with Crippen molar-refractivity contribution in [2.75, 3.05) is 33.2 Å². The number of benzene rings is 1. The zero-order valence-corrected chi connectivity index (χ0v) is 16.7. The van der Waals surface area contributed by atoms with Gasteiger partial charge in [0.2, 0.25) is 5.65 Å². The summed E-state index contributed by atoms with van der Waals surface area (Å²) in [7, 11) is 2.07. The van der Waals surface area contributed by atoms with Gasteiger partial charge in [0, 0.05) is 37.7 Å². The van der Waals surface area contributed by atoms with Gasteiger partial charge < -0.3 is 14.8 Å². The van der Waals surface area contributed by atoms with E-state index in [-0.39, 0.29) is 11.5 Å². The van der Waals surface area contributed by atoms with Crippen molar-refractivity contribution in [1.82, 2.24) is 29.4 Å². The molecule has 1 aliphatic heterocycles. The number of nitrogens with one attached hydrogen (secondary N) is 1. The predicted octanol–water partition coefficient (Wildman–Crippen LogP) is 2.01. The number of piperazine rings is 1. The number of hydrogen-bond donors (Lipinski definition) is 1. The Morgan fingerprint density at radius 1 is 1.07 bits per heavy atom. The SMILES string of the molecule is CN1CCN(C(=O)c2ccc3[nH]c(=O)c4nnc(C5CCCCC5)n4c3c2)CC1. The summed E-state index contributed by atoms with van der Waals surface area (Å²) >= 11 is 0. The lowest BCUT2D eigenvalue weighted by Gasteiger charge is -2.32. The summed E-state index contributed by atoms with van der Waals surface area (Å²) in [5.41, 5.74) is 2.20. The highest BCUT2D eigenvalue weighted by Gasteiger charge is 2.24. The van der Waals surface area contributed by atoms with Gasteiger partial charge in [-0.15, -0.1) is 10.2 Å². The highest BCUT2D eigenvalue weighted by molar-refractivity contribution is 5.97. The van der Waals surface area contributed by atoms with E-state index in [1.165, 1.54) is 19.3 Å². The first-order valence-corrected chi connectivity index (χ1v) is 10.5. The van der Waals surface area contributed by atoms with Crippen LogP contribution in [0.3, 0.4) is 0 Å². The molecule has 8 heteroatoms. The lowest BCUT2D eigenvalue weighted by molar-refractivity contribution is 0.0664. The first kappa shape index (κ1) is 18.3. The van der Waals surface area contributed by atoms with Crippen molar-refractivity contribution < 1.29 is 4.79 Å². The van der Waals surface area contributed by atoms with E-state index in [2.05, 4.69) is 27.1 Å². The molecule has 3 heterocycles. The molecule has 1 saturated heterocycles. The lowest BCUT2D eigenvalue weighted by atomic mass is 9.89. The third-order valence-corrected chi connectivity index (χ3v) is 6.39. The van der Waals surface area contributed by atoms with Crippen LogP contribution in [0, 0.1) is 0 Å². The lowest BCUT2D eigenvalue weighted by Crippen LogP contribution is -2.47. The Kier molecular flexibility index (Phi) is 4.58. The topological polar surface area (TPSA) is 86.6 Å². The van der Waals surface area contributed by atoms with Crippen LogP contribution in [0.1, 0.15) is 54.2 Å². The average Bonchev–Trinajstić information content (AvgIpc) is 3.20. The van der Waals surface area contributed by atoms with Crippen molar-refractivity contribution in [3.8, 4) is 0 Å². The molecule has 2 aliphatic rings. The summed E-state index contributed by atoms with van der Waals surface area (Å²) in [5.74, 6) is 1.19. The van der Waals surface area contributed by atoms with E-state index in [1.807, 2.05) is 21.4 Å². The number of hydrogen-bond acceptors (Lipinski definition) is 5. The fraction of sp³-hybridized carbons (Fsp3) is 0.524. The number of H-pyrrole nitrogens is 1. The monoisotopic (exact) mass is 394 g/mol. The van der Waals surface area contributed by atoms with Gasteiger partial charge in [-0.25, -0.2) is 0 Å². The minimum absolute atomic E-state index is 0.0339. The van der Waals surface area contributed by atoms with Crippen LogP contribution in [0.4, 0.5) is 0 Å².